The zero-order valence-electron chi connectivity index (χ0n) is 9.14. The highest BCUT2D eigenvalue weighted by Crippen LogP contribution is 2.30. The molecule has 0 radical (unpaired) electrons. The molecule has 2 aromatic rings. The molecule has 0 bridgehead atoms. The first-order valence-electron chi connectivity index (χ1n) is 4.88. The number of hydrogen-bond donors (Lipinski definition) is 1. The Hall–Kier alpha value is -2.10. The van der Waals surface area contributed by atoms with Gasteiger partial charge in [-0.2, -0.15) is 0 Å². The van der Waals surface area contributed by atoms with Gasteiger partial charge in [-0.3, -0.25) is 0 Å². The topological polar surface area (TPSA) is 55.2 Å². The summed E-state index contributed by atoms with van der Waals surface area (Å²) in [4.78, 5) is 8.26. The van der Waals surface area contributed by atoms with Gasteiger partial charge in [0.25, 0.3) is 0 Å². The first kappa shape index (κ1) is 10.4. The molecule has 16 heavy (non-hydrogen) atoms. The molecule has 1 aromatic carbocycles. The van der Waals surface area contributed by atoms with Crippen molar-refractivity contribution in [2.75, 3.05) is 7.11 Å². The Bertz CT molecular complexity index is 512. The molecule has 1 aromatic heterocycles. The van der Waals surface area contributed by atoms with E-state index < -0.39 is 0 Å². The Balaban J connectivity index is 2.48. The normalized spacial score (nSPS) is 10.1. The van der Waals surface area contributed by atoms with E-state index in [0.29, 0.717) is 22.8 Å². The van der Waals surface area contributed by atoms with Gasteiger partial charge in [0.1, 0.15) is 17.3 Å². The molecule has 82 valence electrons. The Labute approximate surface area is 93.6 Å². The molecule has 0 unspecified atom stereocenters. The van der Waals surface area contributed by atoms with E-state index in [1.807, 2.05) is 6.92 Å². The van der Waals surface area contributed by atoms with Gasteiger partial charge in [0.15, 0.2) is 0 Å². The lowest BCUT2D eigenvalue weighted by Crippen LogP contribution is -1.90. The molecule has 0 aliphatic rings. The van der Waals surface area contributed by atoms with Crippen molar-refractivity contribution in [2.24, 2.45) is 0 Å². The number of ether oxygens (including phenoxy) is 1. The summed E-state index contributed by atoms with van der Waals surface area (Å²) in [6.07, 6.45) is 1.67. The monoisotopic (exact) mass is 216 g/mol. The summed E-state index contributed by atoms with van der Waals surface area (Å²) in [5.41, 5.74) is 1.37. The highest BCUT2D eigenvalue weighted by molar-refractivity contribution is 5.67. The van der Waals surface area contributed by atoms with Gasteiger partial charge in [0, 0.05) is 17.8 Å². The average molecular weight is 216 g/mol. The molecule has 0 fully saturated rings. The minimum atomic E-state index is 0.150. The molecule has 0 saturated heterocycles. The molecule has 2 rings (SSSR count). The van der Waals surface area contributed by atoms with E-state index in [-0.39, 0.29) is 5.75 Å². The number of aromatic hydroxyl groups is 1. The molecule has 0 spiro atoms. The zero-order chi connectivity index (χ0) is 11.5. The molecule has 1 heterocycles. The quantitative estimate of drug-likeness (QED) is 0.835. The van der Waals surface area contributed by atoms with E-state index in [1.54, 1.807) is 37.6 Å². The summed E-state index contributed by atoms with van der Waals surface area (Å²) >= 11 is 0. The number of nitrogens with zero attached hydrogens (tertiary/aromatic N) is 2. The number of hydrogen-bond acceptors (Lipinski definition) is 4. The van der Waals surface area contributed by atoms with Crippen molar-refractivity contribution < 1.29 is 9.84 Å². The van der Waals surface area contributed by atoms with Crippen LogP contribution in [0.5, 0.6) is 11.5 Å². The molecule has 0 saturated carbocycles. The Kier molecular flexibility index (Phi) is 2.72. The van der Waals surface area contributed by atoms with Gasteiger partial charge >= 0.3 is 0 Å². The van der Waals surface area contributed by atoms with E-state index in [0.717, 1.165) is 0 Å². The van der Waals surface area contributed by atoms with Gasteiger partial charge in [-0.25, -0.2) is 9.97 Å². The molecule has 0 amide bonds. The third-order valence-electron chi connectivity index (χ3n) is 2.26. The number of phenols is 1. The lowest BCUT2D eigenvalue weighted by molar-refractivity contribution is 0.408. The van der Waals surface area contributed by atoms with E-state index in [1.165, 1.54) is 0 Å². The molecular formula is C12H12N2O2. The highest BCUT2D eigenvalue weighted by atomic mass is 16.5. The molecule has 1 N–H and O–H groups in total. The second-order valence-corrected chi connectivity index (χ2v) is 3.37. The molecule has 4 heteroatoms. The van der Waals surface area contributed by atoms with Crippen molar-refractivity contribution in [1.29, 1.82) is 0 Å². The largest absolute Gasteiger partial charge is 0.507 e. The first-order chi connectivity index (χ1) is 7.70. The van der Waals surface area contributed by atoms with Crippen molar-refractivity contribution in [3.8, 4) is 22.8 Å². The van der Waals surface area contributed by atoms with Crippen LogP contribution in [0.2, 0.25) is 0 Å². The predicted octanol–water partition coefficient (Wildman–Crippen LogP) is 2.17. The number of rotatable bonds is 2. The molecule has 0 atom stereocenters. The van der Waals surface area contributed by atoms with Gasteiger partial charge in [-0.15, -0.1) is 0 Å². The van der Waals surface area contributed by atoms with Crippen molar-refractivity contribution in [2.45, 2.75) is 6.92 Å². The summed E-state index contributed by atoms with van der Waals surface area (Å²) < 4.78 is 5.02. The van der Waals surface area contributed by atoms with Crippen LogP contribution < -0.4 is 4.74 Å². The lowest BCUT2D eigenvalue weighted by Gasteiger charge is -2.06. The fraction of sp³-hybridized carbons (Fsp3) is 0.167. The maximum Gasteiger partial charge on any atom is 0.128 e. The fourth-order valence-electron chi connectivity index (χ4n) is 1.46. The Morgan fingerprint density at radius 3 is 2.69 bits per heavy atom. The molecular weight excluding hydrogens is 204 g/mol. The van der Waals surface area contributed by atoms with Crippen LogP contribution in [-0.2, 0) is 0 Å². The smallest absolute Gasteiger partial charge is 0.128 e. The first-order valence-corrected chi connectivity index (χ1v) is 4.88. The second-order valence-electron chi connectivity index (χ2n) is 3.37. The number of methoxy groups -OCH3 is 1. The van der Waals surface area contributed by atoms with E-state index >= 15 is 0 Å². The predicted molar refractivity (Wildman–Crippen MR) is 60.4 cm³/mol. The van der Waals surface area contributed by atoms with Crippen LogP contribution in [0.4, 0.5) is 0 Å². The summed E-state index contributed by atoms with van der Waals surface area (Å²) in [6.45, 7) is 1.81. The lowest BCUT2D eigenvalue weighted by atomic mass is 10.1. The average Bonchev–Trinajstić information content (AvgIpc) is 2.28. The van der Waals surface area contributed by atoms with Crippen LogP contribution in [0.25, 0.3) is 11.3 Å². The van der Waals surface area contributed by atoms with Gasteiger partial charge in [0.05, 0.1) is 12.8 Å². The third kappa shape index (κ3) is 1.95. The Morgan fingerprint density at radius 2 is 2.06 bits per heavy atom. The highest BCUT2D eigenvalue weighted by Gasteiger charge is 2.07. The van der Waals surface area contributed by atoms with Gasteiger partial charge < -0.3 is 9.84 Å². The van der Waals surface area contributed by atoms with Crippen LogP contribution in [0.15, 0.2) is 30.5 Å². The van der Waals surface area contributed by atoms with Gasteiger partial charge in [-0.05, 0) is 25.1 Å². The number of benzene rings is 1. The minimum Gasteiger partial charge on any atom is -0.507 e. The number of phenolic OH excluding ortho intramolecular Hbond substituents is 1. The van der Waals surface area contributed by atoms with E-state index in [2.05, 4.69) is 9.97 Å². The number of aromatic nitrogens is 2. The van der Waals surface area contributed by atoms with Gasteiger partial charge in [0.2, 0.25) is 0 Å². The summed E-state index contributed by atoms with van der Waals surface area (Å²) in [6, 6.07) is 6.88. The van der Waals surface area contributed by atoms with Crippen molar-refractivity contribution >= 4 is 0 Å². The van der Waals surface area contributed by atoms with Crippen molar-refractivity contribution in [3.63, 3.8) is 0 Å². The van der Waals surface area contributed by atoms with E-state index in [4.69, 9.17) is 4.74 Å². The molecule has 0 aliphatic heterocycles. The summed E-state index contributed by atoms with van der Waals surface area (Å²) in [7, 11) is 1.56. The SMILES string of the molecule is COc1ccc(-c2ccnc(C)n2)c(O)c1. The standard InChI is InChI=1S/C12H12N2O2/c1-8-13-6-5-11(14-8)10-4-3-9(16-2)7-12(10)15/h3-7,15H,1-2H3. The van der Waals surface area contributed by atoms with Crippen LogP contribution >= 0.6 is 0 Å². The van der Waals surface area contributed by atoms with Crippen LogP contribution in [0.1, 0.15) is 5.82 Å². The van der Waals surface area contributed by atoms with Crippen LogP contribution in [0.3, 0.4) is 0 Å². The van der Waals surface area contributed by atoms with Gasteiger partial charge in [-0.1, -0.05) is 0 Å². The minimum absolute atomic E-state index is 0.150. The van der Waals surface area contributed by atoms with Crippen LogP contribution in [-0.4, -0.2) is 22.2 Å². The summed E-state index contributed by atoms with van der Waals surface area (Å²) in [5, 5.41) is 9.83. The summed E-state index contributed by atoms with van der Waals surface area (Å²) in [5.74, 6) is 1.44. The van der Waals surface area contributed by atoms with Crippen LogP contribution in [0, 0.1) is 6.92 Å². The fourth-order valence-corrected chi connectivity index (χ4v) is 1.46. The molecule has 4 nitrogen and oxygen atoms in total. The van der Waals surface area contributed by atoms with Crippen molar-refractivity contribution in [3.05, 3.63) is 36.3 Å². The van der Waals surface area contributed by atoms with Crippen molar-refractivity contribution in [1.82, 2.24) is 9.97 Å². The zero-order valence-corrected chi connectivity index (χ0v) is 9.14. The van der Waals surface area contributed by atoms with E-state index in [9.17, 15) is 5.11 Å². The molecule has 0 aliphatic carbocycles. The maximum absolute atomic E-state index is 9.83. The maximum atomic E-state index is 9.83. The Morgan fingerprint density at radius 1 is 1.25 bits per heavy atom. The third-order valence-corrected chi connectivity index (χ3v) is 2.26. The number of aryl methyl sites for hydroxylation is 1. The second kappa shape index (κ2) is 4.18.